The van der Waals surface area contributed by atoms with E-state index in [9.17, 15) is 19.8 Å². The fraction of sp³-hybridized carbons (Fsp3) is 0.926. The lowest BCUT2D eigenvalue weighted by Crippen LogP contribution is -2.45. The topological polar surface area (TPSA) is 95.9 Å². The molecule has 0 fully saturated rings. The standard InChI is InChI=1S/C54H105NO5/c1-3-5-7-9-11-13-15-17-19-21-23-25-27-30-34-38-42-46-52(57)51(50-56)55-53(58)47-43-39-35-31-29-33-37-41-45-49-60-54(59)48-44-40-36-32-28-26-24-22-20-18-16-14-12-10-8-6-4-2/h18,20,51-52,56-57H,3-17,19,21-50H2,1-2H3,(H,55,58)/b20-18-. The number of hydrogen-bond donors (Lipinski definition) is 3. The second-order valence-electron chi connectivity index (χ2n) is 18.6. The van der Waals surface area contributed by atoms with Gasteiger partial charge in [-0.3, -0.25) is 9.59 Å². The van der Waals surface area contributed by atoms with E-state index in [0.717, 1.165) is 57.8 Å². The van der Waals surface area contributed by atoms with Gasteiger partial charge in [-0.15, -0.1) is 0 Å². The summed E-state index contributed by atoms with van der Waals surface area (Å²) in [6, 6.07) is -0.561. The smallest absolute Gasteiger partial charge is 0.305 e. The van der Waals surface area contributed by atoms with E-state index in [4.69, 9.17) is 4.74 Å². The largest absolute Gasteiger partial charge is 0.466 e. The molecule has 356 valence electrons. The number of amides is 1. The Balaban J connectivity index is 3.47. The van der Waals surface area contributed by atoms with E-state index in [0.29, 0.717) is 25.9 Å². The molecular formula is C54H105NO5. The van der Waals surface area contributed by atoms with Crippen LogP contribution in [0.4, 0.5) is 0 Å². The molecule has 60 heavy (non-hydrogen) atoms. The number of aliphatic hydroxyl groups is 2. The Kier molecular flexibility index (Phi) is 49.1. The quantitative estimate of drug-likeness (QED) is 0.0322. The van der Waals surface area contributed by atoms with Crippen molar-refractivity contribution >= 4 is 11.9 Å². The van der Waals surface area contributed by atoms with Crippen LogP contribution in [0.25, 0.3) is 0 Å². The van der Waals surface area contributed by atoms with Crippen molar-refractivity contribution in [3.63, 3.8) is 0 Å². The number of carbonyl (C=O) groups is 2. The molecule has 0 aromatic rings. The summed E-state index contributed by atoms with van der Waals surface area (Å²) in [5, 5.41) is 23.2. The molecule has 0 aliphatic carbocycles. The molecule has 6 nitrogen and oxygen atoms in total. The minimum Gasteiger partial charge on any atom is -0.466 e. The van der Waals surface area contributed by atoms with Gasteiger partial charge in [0.15, 0.2) is 0 Å². The maximum atomic E-state index is 12.5. The number of carbonyl (C=O) groups excluding carboxylic acids is 2. The highest BCUT2D eigenvalue weighted by Gasteiger charge is 2.20. The van der Waals surface area contributed by atoms with Crippen LogP contribution in [0.15, 0.2) is 12.2 Å². The maximum Gasteiger partial charge on any atom is 0.305 e. The second kappa shape index (κ2) is 50.2. The summed E-state index contributed by atoms with van der Waals surface area (Å²) in [6.45, 7) is 4.90. The normalized spacial score (nSPS) is 12.7. The van der Waals surface area contributed by atoms with E-state index in [1.807, 2.05) is 0 Å². The summed E-state index contributed by atoms with van der Waals surface area (Å²) in [7, 11) is 0. The van der Waals surface area contributed by atoms with Crippen molar-refractivity contribution in [3.8, 4) is 0 Å². The number of unbranched alkanes of at least 4 members (excludes halogenated alkanes) is 37. The Morgan fingerprint density at radius 1 is 0.450 bits per heavy atom. The fourth-order valence-electron chi connectivity index (χ4n) is 8.40. The molecule has 0 bridgehead atoms. The molecule has 0 aliphatic rings. The van der Waals surface area contributed by atoms with Crippen LogP contribution in [0.1, 0.15) is 296 Å². The number of nitrogens with one attached hydrogen (secondary N) is 1. The van der Waals surface area contributed by atoms with Gasteiger partial charge in [0.05, 0.1) is 25.4 Å². The zero-order valence-corrected chi connectivity index (χ0v) is 40.5. The maximum absolute atomic E-state index is 12.5. The van der Waals surface area contributed by atoms with Crippen molar-refractivity contribution in [3.05, 3.63) is 12.2 Å². The summed E-state index contributed by atoms with van der Waals surface area (Å²) < 4.78 is 5.46. The summed E-state index contributed by atoms with van der Waals surface area (Å²) in [4.78, 5) is 24.5. The van der Waals surface area contributed by atoms with Crippen LogP contribution in [0.3, 0.4) is 0 Å². The number of aliphatic hydroxyl groups excluding tert-OH is 2. The Labute approximate surface area is 374 Å². The molecule has 0 rings (SSSR count). The molecule has 0 saturated heterocycles. The molecule has 2 atom stereocenters. The molecule has 0 aromatic carbocycles. The third-order valence-corrected chi connectivity index (χ3v) is 12.6. The molecule has 0 aliphatic heterocycles. The van der Waals surface area contributed by atoms with E-state index in [1.54, 1.807) is 0 Å². The summed E-state index contributed by atoms with van der Waals surface area (Å²) in [6.07, 6.45) is 57.5. The highest BCUT2D eigenvalue weighted by atomic mass is 16.5. The highest BCUT2D eigenvalue weighted by Crippen LogP contribution is 2.17. The van der Waals surface area contributed by atoms with Crippen molar-refractivity contribution in [1.29, 1.82) is 0 Å². The molecule has 0 saturated carbocycles. The predicted octanol–water partition coefficient (Wildman–Crippen LogP) is 16.1. The van der Waals surface area contributed by atoms with Crippen LogP contribution >= 0.6 is 0 Å². The first-order valence-electron chi connectivity index (χ1n) is 26.9. The second-order valence-corrected chi connectivity index (χ2v) is 18.6. The number of rotatable bonds is 50. The average Bonchev–Trinajstić information content (AvgIpc) is 3.25. The van der Waals surface area contributed by atoms with Crippen LogP contribution in [0.2, 0.25) is 0 Å². The molecule has 0 heterocycles. The molecular weight excluding hydrogens is 743 g/mol. The minimum atomic E-state index is -0.681. The van der Waals surface area contributed by atoms with Crippen molar-refractivity contribution in [1.82, 2.24) is 5.32 Å². The van der Waals surface area contributed by atoms with Gasteiger partial charge in [0.2, 0.25) is 5.91 Å². The Bertz CT molecular complexity index is 893. The first kappa shape index (κ1) is 58.6. The van der Waals surface area contributed by atoms with Gasteiger partial charge in [0.1, 0.15) is 0 Å². The van der Waals surface area contributed by atoms with Crippen LogP contribution in [0.5, 0.6) is 0 Å². The first-order chi connectivity index (χ1) is 29.5. The van der Waals surface area contributed by atoms with Gasteiger partial charge in [0, 0.05) is 12.8 Å². The fourth-order valence-corrected chi connectivity index (χ4v) is 8.40. The lowest BCUT2D eigenvalue weighted by atomic mass is 10.0. The van der Waals surface area contributed by atoms with Crippen LogP contribution in [0, 0.1) is 0 Å². The number of allylic oxidation sites excluding steroid dienone is 2. The SMILES string of the molecule is CCCCCCCC/C=C\CCCCCCCCCC(=O)OCCCCCCCCCCCC(=O)NC(CO)C(O)CCCCCCCCCCCCCCCCCCC. The summed E-state index contributed by atoms with van der Waals surface area (Å²) in [5.41, 5.74) is 0. The number of ether oxygens (including phenoxy) is 1. The van der Waals surface area contributed by atoms with Gasteiger partial charge in [-0.1, -0.05) is 244 Å². The highest BCUT2D eigenvalue weighted by molar-refractivity contribution is 5.76. The molecule has 3 N–H and O–H groups in total. The average molecular weight is 848 g/mol. The monoisotopic (exact) mass is 848 g/mol. The lowest BCUT2D eigenvalue weighted by Gasteiger charge is -2.22. The van der Waals surface area contributed by atoms with Gasteiger partial charge >= 0.3 is 5.97 Å². The van der Waals surface area contributed by atoms with E-state index in [2.05, 4.69) is 31.3 Å². The van der Waals surface area contributed by atoms with Crippen molar-refractivity contribution in [2.24, 2.45) is 0 Å². The van der Waals surface area contributed by atoms with E-state index < -0.39 is 12.1 Å². The van der Waals surface area contributed by atoms with Gasteiger partial charge in [-0.2, -0.15) is 0 Å². The molecule has 0 aromatic heterocycles. The summed E-state index contributed by atoms with van der Waals surface area (Å²) in [5.74, 6) is -0.0881. The predicted molar refractivity (Wildman–Crippen MR) is 260 cm³/mol. The van der Waals surface area contributed by atoms with Gasteiger partial charge in [0.25, 0.3) is 0 Å². The van der Waals surface area contributed by atoms with Gasteiger partial charge < -0.3 is 20.3 Å². The van der Waals surface area contributed by atoms with Crippen LogP contribution in [-0.4, -0.2) is 47.4 Å². The minimum absolute atomic E-state index is 0.0276. The molecule has 2 unspecified atom stereocenters. The Hall–Kier alpha value is -1.40. The van der Waals surface area contributed by atoms with Gasteiger partial charge in [-0.05, 0) is 51.4 Å². The molecule has 0 spiro atoms. The van der Waals surface area contributed by atoms with Crippen molar-refractivity contribution < 1.29 is 24.5 Å². The molecule has 0 radical (unpaired) electrons. The first-order valence-corrected chi connectivity index (χ1v) is 26.9. The number of hydrogen-bond acceptors (Lipinski definition) is 5. The third-order valence-electron chi connectivity index (χ3n) is 12.6. The van der Waals surface area contributed by atoms with E-state index in [1.165, 1.54) is 205 Å². The number of esters is 1. The zero-order valence-electron chi connectivity index (χ0n) is 40.5. The molecule has 1 amide bonds. The Morgan fingerprint density at radius 3 is 1.18 bits per heavy atom. The van der Waals surface area contributed by atoms with E-state index >= 15 is 0 Å². The zero-order chi connectivity index (χ0) is 43.7. The Morgan fingerprint density at radius 2 is 0.783 bits per heavy atom. The van der Waals surface area contributed by atoms with Crippen molar-refractivity contribution in [2.45, 2.75) is 309 Å². The van der Waals surface area contributed by atoms with Gasteiger partial charge in [-0.25, -0.2) is 0 Å². The van der Waals surface area contributed by atoms with E-state index in [-0.39, 0.29) is 18.5 Å². The van der Waals surface area contributed by atoms with Crippen molar-refractivity contribution in [2.75, 3.05) is 13.2 Å². The summed E-state index contributed by atoms with van der Waals surface area (Å²) >= 11 is 0. The molecule has 6 heteroatoms. The van der Waals surface area contributed by atoms with Crippen LogP contribution < -0.4 is 5.32 Å². The van der Waals surface area contributed by atoms with Crippen LogP contribution in [-0.2, 0) is 14.3 Å². The third kappa shape index (κ3) is 46.1. The lowest BCUT2D eigenvalue weighted by molar-refractivity contribution is -0.143.